The van der Waals surface area contributed by atoms with Crippen molar-refractivity contribution in [1.82, 2.24) is 10.3 Å². The maximum Gasteiger partial charge on any atom is 0.251 e. The van der Waals surface area contributed by atoms with Crippen LogP contribution in [0.3, 0.4) is 0 Å². The number of ketones is 1. The van der Waals surface area contributed by atoms with E-state index in [0.29, 0.717) is 22.0 Å². The molecule has 136 valence electrons. The molecule has 0 aliphatic heterocycles. The van der Waals surface area contributed by atoms with Crippen molar-refractivity contribution < 1.29 is 14.4 Å². The number of Topliss-reactive ketones (excluding diaryl/α,β-unsaturated/α-hetero) is 1. The molecule has 1 aromatic carbocycles. The predicted octanol–water partition coefficient (Wildman–Crippen LogP) is 3.06. The van der Waals surface area contributed by atoms with Crippen LogP contribution in [-0.2, 0) is 11.2 Å². The van der Waals surface area contributed by atoms with Crippen LogP contribution in [-0.4, -0.2) is 29.1 Å². The molecule has 0 radical (unpaired) electrons. The topological polar surface area (TPSA) is 88.2 Å². The Balaban J connectivity index is 1.52. The Bertz CT molecular complexity index is 843. The second kappa shape index (κ2) is 7.37. The molecule has 1 aromatic heterocycles. The van der Waals surface area contributed by atoms with Crippen LogP contribution in [0.5, 0.6) is 0 Å². The van der Waals surface area contributed by atoms with Crippen LogP contribution in [0.15, 0.2) is 30.3 Å². The molecule has 0 atom stereocenters. The number of carbonyl (C=O) groups excluding carboxylic acids is 3. The van der Waals surface area contributed by atoms with E-state index in [1.807, 2.05) is 19.9 Å². The lowest BCUT2D eigenvalue weighted by molar-refractivity contribution is -0.116. The van der Waals surface area contributed by atoms with Crippen molar-refractivity contribution in [3.05, 3.63) is 46.5 Å². The first-order valence-corrected chi connectivity index (χ1v) is 9.32. The summed E-state index contributed by atoms with van der Waals surface area (Å²) in [5.74, 6) is -0.364. The number of fused-ring (bicyclic) bond motifs is 1. The first kappa shape index (κ1) is 18.3. The fourth-order valence-electron chi connectivity index (χ4n) is 2.94. The van der Waals surface area contributed by atoms with E-state index in [2.05, 4.69) is 15.6 Å². The molecule has 1 aliphatic carbocycles. The molecule has 2 aromatic rings. The normalized spacial score (nSPS) is 15.2. The number of aromatic nitrogens is 1. The summed E-state index contributed by atoms with van der Waals surface area (Å²) in [4.78, 5) is 41.2. The Morgan fingerprint density at radius 3 is 2.65 bits per heavy atom. The Kier molecular flexibility index (Phi) is 5.18. The highest BCUT2D eigenvalue weighted by atomic mass is 32.1. The van der Waals surface area contributed by atoms with E-state index in [0.717, 1.165) is 12.1 Å². The molecule has 0 fully saturated rings. The fourth-order valence-corrected chi connectivity index (χ4v) is 3.87. The van der Waals surface area contributed by atoms with Gasteiger partial charge in [0, 0.05) is 24.9 Å². The van der Waals surface area contributed by atoms with Gasteiger partial charge in [0.2, 0.25) is 5.91 Å². The average Bonchev–Trinajstić information content (AvgIpc) is 2.96. The van der Waals surface area contributed by atoms with Crippen molar-refractivity contribution in [1.29, 1.82) is 0 Å². The number of benzene rings is 1. The smallest absolute Gasteiger partial charge is 0.251 e. The van der Waals surface area contributed by atoms with Crippen LogP contribution in [0.1, 0.15) is 52.4 Å². The van der Waals surface area contributed by atoms with E-state index >= 15 is 0 Å². The first-order chi connectivity index (χ1) is 12.3. The minimum absolute atomic E-state index is 0.0874. The minimum atomic E-state index is -0.240. The SMILES string of the molecule is CC1(C)CC(=O)c2sc(NC(=O)CCNC(=O)c3ccccc3)nc2C1. The number of anilines is 1. The van der Waals surface area contributed by atoms with Crippen molar-refractivity contribution in [2.45, 2.75) is 33.1 Å². The zero-order valence-electron chi connectivity index (χ0n) is 14.8. The number of hydrogen-bond acceptors (Lipinski definition) is 5. The van der Waals surface area contributed by atoms with Gasteiger partial charge in [0.1, 0.15) is 0 Å². The quantitative estimate of drug-likeness (QED) is 0.845. The Hall–Kier alpha value is -2.54. The number of nitrogens with zero attached hydrogens (tertiary/aromatic N) is 1. The van der Waals surface area contributed by atoms with Gasteiger partial charge in [-0.2, -0.15) is 0 Å². The van der Waals surface area contributed by atoms with Gasteiger partial charge in [-0.3, -0.25) is 14.4 Å². The van der Waals surface area contributed by atoms with Crippen LogP contribution in [0.25, 0.3) is 0 Å². The van der Waals surface area contributed by atoms with Crippen LogP contribution in [0, 0.1) is 5.41 Å². The van der Waals surface area contributed by atoms with E-state index in [4.69, 9.17) is 0 Å². The monoisotopic (exact) mass is 371 g/mol. The fraction of sp³-hybridized carbons (Fsp3) is 0.368. The summed E-state index contributed by atoms with van der Waals surface area (Å²) < 4.78 is 0. The van der Waals surface area contributed by atoms with Crippen molar-refractivity contribution in [2.24, 2.45) is 5.41 Å². The zero-order valence-corrected chi connectivity index (χ0v) is 15.6. The second-order valence-corrected chi connectivity index (χ2v) is 8.15. The van der Waals surface area contributed by atoms with Gasteiger partial charge < -0.3 is 10.6 Å². The molecule has 2 amide bonds. The molecule has 0 saturated heterocycles. The van der Waals surface area contributed by atoms with E-state index in [9.17, 15) is 14.4 Å². The van der Waals surface area contributed by atoms with Gasteiger partial charge in [0.25, 0.3) is 5.91 Å². The Morgan fingerprint density at radius 1 is 1.19 bits per heavy atom. The van der Waals surface area contributed by atoms with Crippen LogP contribution in [0.4, 0.5) is 5.13 Å². The first-order valence-electron chi connectivity index (χ1n) is 8.50. The highest BCUT2D eigenvalue weighted by molar-refractivity contribution is 7.17. The van der Waals surface area contributed by atoms with E-state index in [1.165, 1.54) is 11.3 Å². The lowest BCUT2D eigenvalue weighted by Crippen LogP contribution is -2.27. The van der Waals surface area contributed by atoms with Gasteiger partial charge in [-0.05, 0) is 24.0 Å². The summed E-state index contributed by atoms with van der Waals surface area (Å²) in [6, 6.07) is 8.84. The summed E-state index contributed by atoms with van der Waals surface area (Å²) in [6.45, 7) is 4.32. The molecular weight excluding hydrogens is 350 g/mol. The number of nitrogens with one attached hydrogen (secondary N) is 2. The number of rotatable bonds is 5. The zero-order chi connectivity index (χ0) is 18.7. The van der Waals surface area contributed by atoms with Gasteiger partial charge in [0.15, 0.2) is 10.9 Å². The molecule has 3 rings (SSSR count). The van der Waals surface area contributed by atoms with E-state index in [1.54, 1.807) is 24.3 Å². The predicted molar refractivity (Wildman–Crippen MR) is 101 cm³/mol. The van der Waals surface area contributed by atoms with Crippen molar-refractivity contribution >= 4 is 34.1 Å². The third-order valence-corrected chi connectivity index (χ3v) is 5.21. The second-order valence-electron chi connectivity index (χ2n) is 7.16. The molecule has 1 heterocycles. The lowest BCUT2D eigenvalue weighted by Gasteiger charge is -2.26. The summed E-state index contributed by atoms with van der Waals surface area (Å²) in [5.41, 5.74) is 1.23. The van der Waals surface area contributed by atoms with Gasteiger partial charge in [-0.15, -0.1) is 0 Å². The van der Waals surface area contributed by atoms with Gasteiger partial charge >= 0.3 is 0 Å². The number of carbonyl (C=O) groups is 3. The molecular formula is C19H21N3O3S. The Morgan fingerprint density at radius 2 is 1.92 bits per heavy atom. The maximum atomic E-state index is 12.2. The standard InChI is InChI=1S/C19H21N3O3S/c1-19(2)10-13-16(14(23)11-19)26-18(21-13)22-15(24)8-9-20-17(25)12-6-4-3-5-7-12/h3-7H,8-11H2,1-2H3,(H,20,25)(H,21,22,24). The van der Waals surface area contributed by atoms with Crippen LogP contribution < -0.4 is 10.6 Å². The third-order valence-electron chi connectivity index (χ3n) is 4.16. The van der Waals surface area contributed by atoms with Gasteiger partial charge in [-0.1, -0.05) is 43.4 Å². The van der Waals surface area contributed by atoms with E-state index in [-0.39, 0.29) is 36.0 Å². The number of amides is 2. The highest BCUT2D eigenvalue weighted by Gasteiger charge is 2.34. The minimum Gasteiger partial charge on any atom is -0.352 e. The summed E-state index contributed by atoms with van der Waals surface area (Å²) in [7, 11) is 0. The molecule has 7 heteroatoms. The van der Waals surface area contributed by atoms with Crippen LogP contribution >= 0.6 is 11.3 Å². The molecule has 0 unspecified atom stereocenters. The number of hydrogen-bond donors (Lipinski definition) is 2. The van der Waals surface area contributed by atoms with Crippen LogP contribution in [0.2, 0.25) is 0 Å². The molecule has 0 saturated carbocycles. The van der Waals surface area contributed by atoms with Gasteiger partial charge in [0.05, 0.1) is 10.6 Å². The van der Waals surface area contributed by atoms with Crippen molar-refractivity contribution in [3.8, 4) is 0 Å². The molecule has 6 nitrogen and oxygen atoms in total. The van der Waals surface area contributed by atoms with Gasteiger partial charge in [-0.25, -0.2) is 4.98 Å². The summed E-state index contributed by atoms with van der Waals surface area (Å²) in [5, 5.41) is 5.88. The lowest BCUT2D eigenvalue weighted by atomic mass is 9.78. The molecule has 1 aliphatic rings. The highest BCUT2D eigenvalue weighted by Crippen LogP contribution is 2.38. The average molecular weight is 371 g/mol. The summed E-state index contributed by atoms with van der Waals surface area (Å²) >= 11 is 1.23. The molecule has 26 heavy (non-hydrogen) atoms. The van der Waals surface area contributed by atoms with Crippen molar-refractivity contribution in [2.75, 3.05) is 11.9 Å². The molecule has 0 bridgehead atoms. The molecule has 2 N–H and O–H groups in total. The van der Waals surface area contributed by atoms with E-state index < -0.39 is 0 Å². The molecule has 0 spiro atoms. The largest absolute Gasteiger partial charge is 0.352 e. The maximum absolute atomic E-state index is 12.2. The summed E-state index contributed by atoms with van der Waals surface area (Å²) in [6.07, 6.45) is 1.37. The number of thiazole rings is 1. The third kappa shape index (κ3) is 4.35. The Labute approximate surface area is 156 Å². The van der Waals surface area contributed by atoms with Crippen molar-refractivity contribution in [3.63, 3.8) is 0 Å².